The molecule has 4 rings (SSSR count). The summed E-state index contributed by atoms with van der Waals surface area (Å²) < 4.78 is 32.3. The summed E-state index contributed by atoms with van der Waals surface area (Å²) in [5.74, 6) is -3.07. The number of piperidine rings is 1. The maximum atomic E-state index is 13.4. The number of pyridine rings is 1. The van der Waals surface area contributed by atoms with Gasteiger partial charge in [-0.3, -0.25) is 15.2 Å². The van der Waals surface area contributed by atoms with Crippen molar-refractivity contribution < 1.29 is 18.0 Å². The van der Waals surface area contributed by atoms with Crippen molar-refractivity contribution in [1.29, 1.82) is 5.41 Å². The van der Waals surface area contributed by atoms with Gasteiger partial charge >= 0.3 is 0 Å². The number of aromatic nitrogens is 1. The second-order valence-corrected chi connectivity index (χ2v) is 7.79. The predicted molar refractivity (Wildman–Crippen MR) is 108 cm³/mol. The molecule has 8 heteroatoms. The van der Waals surface area contributed by atoms with Gasteiger partial charge in [-0.2, -0.15) is 0 Å². The summed E-state index contributed by atoms with van der Waals surface area (Å²) in [6, 6.07) is 9.10. The SMILES string of the molecule is CSc1cc(C(=O)N2CCC(F)(F)CC2)ncc1C(=N)c1coc2ccccc12. The minimum Gasteiger partial charge on any atom is -0.464 e. The van der Waals surface area contributed by atoms with Crippen molar-refractivity contribution in [1.82, 2.24) is 9.88 Å². The van der Waals surface area contributed by atoms with Crippen LogP contribution < -0.4 is 0 Å². The van der Waals surface area contributed by atoms with E-state index < -0.39 is 5.92 Å². The van der Waals surface area contributed by atoms with E-state index in [0.29, 0.717) is 16.7 Å². The van der Waals surface area contributed by atoms with Crippen LogP contribution in [0.3, 0.4) is 0 Å². The monoisotopic (exact) mass is 415 g/mol. The minimum atomic E-state index is -2.71. The van der Waals surface area contributed by atoms with Crippen molar-refractivity contribution in [2.24, 2.45) is 0 Å². The van der Waals surface area contributed by atoms with E-state index in [0.717, 1.165) is 10.3 Å². The predicted octanol–water partition coefficient (Wildman–Crippen LogP) is 4.84. The van der Waals surface area contributed by atoms with Gasteiger partial charge in [0, 0.05) is 53.5 Å². The van der Waals surface area contributed by atoms with Gasteiger partial charge in [0.05, 0.1) is 5.71 Å². The molecule has 29 heavy (non-hydrogen) atoms. The Kier molecular flexibility index (Phi) is 5.12. The van der Waals surface area contributed by atoms with Crippen molar-refractivity contribution in [3.05, 3.63) is 59.6 Å². The van der Waals surface area contributed by atoms with Crippen molar-refractivity contribution in [3.63, 3.8) is 0 Å². The number of thioether (sulfide) groups is 1. The summed E-state index contributed by atoms with van der Waals surface area (Å²) in [7, 11) is 0. The number of amides is 1. The number of halogens is 2. The number of furan rings is 1. The quantitative estimate of drug-likeness (QED) is 0.489. The highest BCUT2D eigenvalue weighted by Gasteiger charge is 2.36. The molecule has 0 saturated carbocycles. The van der Waals surface area contributed by atoms with Gasteiger partial charge in [0.1, 0.15) is 17.5 Å². The first-order chi connectivity index (χ1) is 13.9. The van der Waals surface area contributed by atoms with Gasteiger partial charge in [-0.25, -0.2) is 8.78 Å². The number of benzene rings is 1. The number of rotatable bonds is 4. The van der Waals surface area contributed by atoms with Crippen LogP contribution in [0, 0.1) is 5.41 Å². The lowest BCUT2D eigenvalue weighted by molar-refractivity contribution is -0.0495. The van der Waals surface area contributed by atoms with Gasteiger partial charge in [0.2, 0.25) is 0 Å². The number of hydrogen-bond donors (Lipinski definition) is 1. The Labute approximate surface area is 170 Å². The van der Waals surface area contributed by atoms with Crippen LogP contribution in [0.25, 0.3) is 11.0 Å². The Bertz CT molecular complexity index is 1090. The van der Waals surface area contributed by atoms with Crippen LogP contribution in [-0.2, 0) is 0 Å². The molecule has 1 aromatic carbocycles. The molecule has 1 aliphatic rings. The van der Waals surface area contributed by atoms with Gasteiger partial charge in [-0.05, 0) is 18.4 Å². The number of carbonyl (C=O) groups excluding carboxylic acids is 1. The summed E-state index contributed by atoms with van der Waals surface area (Å²) in [6.07, 6.45) is 4.25. The van der Waals surface area contributed by atoms with E-state index in [1.807, 2.05) is 30.5 Å². The van der Waals surface area contributed by atoms with Gasteiger partial charge in [0.25, 0.3) is 11.8 Å². The lowest BCUT2D eigenvalue weighted by atomic mass is 10.0. The van der Waals surface area contributed by atoms with Gasteiger partial charge in [-0.1, -0.05) is 18.2 Å². The van der Waals surface area contributed by atoms with Gasteiger partial charge in [-0.15, -0.1) is 11.8 Å². The molecule has 1 N–H and O–H groups in total. The second-order valence-electron chi connectivity index (χ2n) is 6.94. The number of fused-ring (bicyclic) bond motifs is 1. The van der Waals surface area contributed by atoms with E-state index in [9.17, 15) is 13.6 Å². The van der Waals surface area contributed by atoms with E-state index in [-0.39, 0.29) is 43.2 Å². The molecule has 0 spiro atoms. The number of hydrogen-bond acceptors (Lipinski definition) is 5. The molecular weight excluding hydrogens is 396 g/mol. The molecule has 0 unspecified atom stereocenters. The highest BCUT2D eigenvalue weighted by atomic mass is 32.2. The molecule has 150 valence electrons. The molecule has 1 saturated heterocycles. The standard InChI is InChI=1S/C21H19F2N3O2S/c1-29-18-10-16(20(27)26-8-6-21(22,23)7-9-26)25-11-14(18)19(24)15-12-28-17-5-3-2-4-13(15)17/h2-5,10-12,24H,6-9H2,1H3. The second kappa shape index (κ2) is 7.59. The third-order valence-corrected chi connectivity index (χ3v) is 5.88. The lowest BCUT2D eigenvalue weighted by Crippen LogP contribution is -2.43. The Balaban J connectivity index is 1.62. The summed E-state index contributed by atoms with van der Waals surface area (Å²) in [4.78, 5) is 19.1. The van der Waals surface area contributed by atoms with Crippen LogP contribution in [0.4, 0.5) is 8.78 Å². The van der Waals surface area contributed by atoms with Gasteiger partial charge in [0.15, 0.2) is 0 Å². The molecule has 0 radical (unpaired) electrons. The van der Waals surface area contributed by atoms with Crippen LogP contribution in [-0.4, -0.2) is 46.8 Å². The Hall–Kier alpha value is -2.74. The van der Waals surface area contributed by atoms with Crippen molar-refractivity contribution in [2.75, 3.05) is 19.3 Å². The number of alkyl halides is 2. The zero-order chi connectivity index (χ0) is 20.6. The largest absolute Gasteiger partial charge is 0.464 e. The number of nitrogens with zero attached hydrogens (tertiary/aromatic N) is 2. The first-order valence-electron chi connectivity index (χ1n) is 9.16. The lowest BCUT2D eigenvalue weighted by Gasteiger charge is -2.31. The number of carbonyl (C=O) groups is 1. The summed E-state index contributed by atoms with van der Waals surface area (Å²) in [5.41, 5.74) is 2.39. The zero-order valence-electron chi connectivity index (χ0n) is 15.7. The molecule has 1 fully saturated rings. The van der Waals surface area contributed by atoms with Crippen LogP contribution in [0.15, 0.2) is 52.1 Å². The topological polar surface area (TPSA) is 70.2 Å². The molecular formula is C21H19F2N3O2S. The zero-order valence-corrected chi connectivity index (χ0v) is 16.6. The van der Waals surface area contributed by atoms with Crippen molar-refractivity contribution >= 4 is 34.3 Å². The highest BCUT2D eigenvalue weighted by molar-refractivity contribution is 7.98. The molecule has 5 nitrogen and oxygen atoms in total. The molecule has 3 aromatic rings. The van der Waals surface area contributed by atoms with E-state index in [2.05, 4.69) is 4.98 Å². The fraction of sp³-hybridized carbons (Fsp3) is 0.286. The van der Waals surface area contributed by atoms with E-state index in [1.165, 1.54) is 22.9 Å². The van der Waals surface area contributed by atoms with E-state index >= 15 is 0 Å². The third-order valence-electron chi connectivity index (χ3n) is 5.11. The third kappa shape index (κ3) is 3.76. The summed E-state index contributed by atoms with van der Waals surface area (Å²) in [5, 5.41) is 9.47. The average molecular weight is 415 g/mol. The van der Waals surface area contributed by atoms with Crippen molar-refractivity contribution in [3.8, 4) is 0 Å². The Morgan fingerprint density at radius 2 is 1.97 bits per heavy atom. The molecule has 2 aromatic heterocycles. The van der Waals surface area contributed by atoms with Crippen LogP contribution in [0.5, 0.6) is 0 Å². The maximum Gasteiger partial charge on any atom is 0.272 e. The van der Waals surface area contributed by atoms with Crippen LogP contribution in [0.2, 0.25) is 0 Å². The maximum absolute atomic E-state index is 13.4. The fourth-order valence-electron chi connectivity index (χ4n) is 3.43. The highest BCUT2D eigenvalue weighted by Crippen LogP contribution is 2.30. The summed E-state index contributed by atoms with van der Waals surface area (Å²) in [6.45, 7) is 0.0292. The molecule has 0 atom stereocenters. The molecule has 0 aliphatic carbocycles. The number of nitrogens with one attached hydrogen (secondary N) is 1. The average Bonchev–Trinajstić information content (AvgIpc) is 3.16. The number of likely N-dealkylation sites (tertiary alicyclic amines) is 1. The van der Waals surface area contributed by atoms with E-state index in [1.54, 1.807) is 12.3 Å². The first-order valence-corrected chi connectivity index (χ1v) is 10.4. The van der Waals surface area contributed by atoms with E-state index in [4.69, 9.17) is 9.83 Å². The summed E-state index contributed by atoms with van der Waals surface area (Å²) >= 11 is 1.40. The fourth-order valence-corrected chi connectivity index (χ4v) is 4.03. The Morgan fingerprint density at radius 1 is 1.24 bits per heavy atom. The molecule has 0 bridgehead atoms. The molecule has 1 amide bonds. The Morgan fingerprint density at radius 3 is 2.69 bits per heavy atom. The normalized spacial score (nSPS) is 16.2. The molecule has 3 heterocycles. The van der Waals surface area contributed by atoms with Crippen molar-refractivity contribution in [2.45, 2.75) is 23.7 Å². The smallest absolute Gasteiger partial charge is 0.272 e. The van der Waals surface area contributed by atoms with Crippen LogP contribution >= 0.6 is 11.8 Å². The molecule has 1 aliphatic heterocycles. The van der Waals surface area contributed by atoms with Crippen LogP contribution in [0.1, 0.15) is 34.5 Å². The minimum absolute atomic E-state index is 0.0146. The first kappa shape index (κ1) is 19.6. The number of para-hydroxylation sites is 1. The van der Waals surface area contributed by atoms with Gasteiger partial charge < -0.3 is 9.32 Å².